The van der Waals surface area contributed by atoms with Crippen molar-refractivity contribution < 1.29 is 65.7 Å². The maximum atomic E-state index is 14.2. The number of nitrogens with one attached hydrogen (secondary N) is 2. The molecule has 0 aromatic carbocycles. The third kappa shape index (κ3) is 21.9. The molecule has 0 rings (SSSR count). The second kappa shape index (κ2) is 27.8. The molecule has 340 valence electrons. The van der Waals surface area contributed by atoms with E-state index in [1.807, 2.05) is 13.8 Å². The van der Waals surface area contributed by atoms with Crippen LogP contribution < -0.4 is 10.6 Å². The molecule has 0 bridgehead atoms. The van der Waals surface area contributed by atoms with E-state index < -0.39 is 80.4 Å². The summed E-state index contributed by atoms with van der Waals surface area (Å²) in [6, 6.07) is 0. The first-order valence-corrected chi connectivity index (χ1v) is 22.4. The second-order valence-electron chi connectivity index (χ2n) is 16.7. The monoisotopic (exact) mass is 853 g/mol. The third-order valence-corrected chi connectivity index (χ3v) is 11.4. The van der Waals surface area contributed by atoms with Crippen LogP contribution in [0.4, 0.5) is 0 Å². The summed E-state index contributed by atoms with van der Waals surface area (Å²) in [5.41, 5.74) is -4.61. The van der Waals surface area contributed by atoms with Gasteiger partial charge in [0.05, 0.1) is 47.9 Å². The molecule has 17 heteroatoms. The topological polar surface area (TPSA) is 230 Å². The van der Waals surface area contributed by atoms with E-state index in [-0.39, 0.29) is 77.1 Å². The number of aliphatic hydroxyl groups excluding tert-OH is 1. The molecule has 0 aliphatic rings. The summed E-state index contributed by atoms with van der Waals surface area (Å²) >= 11 is 0. The summed E-state index contributed by atoms with van der Waals surface area (Å²) in [7, 11) is -3.02. The number of aliphatic hydroxyl groups is 1. The van der Waals surface area contributed by atoms with Gasteiger partial charge in [0.2, 0.25) is 11.8 Å². The highest BCUT2D eigenvalue weighted by molar-refractivity contribution is 7.85. The van der Waals surface area contributed by atoms with Gasteiger partial charge in [-0.05, 0) is 78.6 Å². The minimum Gasteiger partial charge on any atom is -0.465 e. The molecule has 0 fully saturated rings. The molecule has 0 aromatic heterocycles. The lowest BCUT2D eigenvalue weighted by atomic mass is 9.65. The maximum Gasteiger partial charge on any atom is 0.311 e. The van der Waals surface area contributed by atoms with E-state index in [9.17, 15) is 42.0 Å². The lowest BCUT2D eigenvalue weighted by molar-refractivity contribution is -0.168. The molecule has 0 radical (unpaired) electrons. The van der Waals surface area contributed by atoms with Gasteiger partial charge in [0.1, 0.15) is 19.9 Å². The van der Waals surface area contributed by atoms with Crippen LogP contribution >= 0.6 is 0 Å². The van der Waals surface area contributed by atoms with Crippen molar-refractivity contribution >= 4 is 39.8 Å². The van der Waals surface area contributed by atoms with Gasteiger partial charge < -0.3 is 39.4 Å². The Morgan fingerprint density at radius 2 is 1.34 bits per heavy atom. The van der Waals surface area contributed by atoms with Gasteiger partial charge in [0, 0.05) is 25.6 Å². The highest BCUT2D eigenvalue weighted by atomic mass is 32.2. The molecule has 0 aliphatic heterocycles. The molecule has 0 spiro atoms. The lowest BCUT2D eigenvalue weighted by Crippen LogP contribution is -2.51. The highest BCUT2D eigenvalue weighted by Crippen LogP contribution is 2.46. The van der Waals surface area contributed by atoms with E-state index in [0.717, 1.165) is 38.5 Å². The standard InChI is InChI=1S/C41H76N2O14S/c1-11-15-17-31(13-3)26-57-36(47)33(23-30(5)34(45)42-29-54-19-16-12-2)25-41(9,38(49)56-22-21-53-10)27-40(8,37(48)55-20-18-44)24-32(14-4)35(46)43-39(6,7)28-58(50,51)52/h30-33,44H,11-29H2,1-10H3,(H,42,45)(H,43,46)(H,50,51,52). The zero-order valence-corrected chi connectivity index (χ0v) is 37.8. The molecule has 0 heterocycles. The van der Waals surface area contributed by atoms with Crippen molar-refractivity contribution in [3.8, 4) is 0 Å². The van der Waals surface area contributed by atoms with Gasteiger partial charge >= 0.3 is 17.9 Å². The van der Waals surface area contributed by atoms with Crippen molar-refractivity contribution in [2.75, 3.05) is 59.2 Å². The minimum absolute atomic E-state index is 0.00902. The van der Waals surface area contributed by atoms with E-state index in [4.69, 9.17) is 23.7 Å². The third-order valence-electron chi connectivity index (χ3n) is 10.3. The second-order valence-corrected chi connectivity index (χ2v) is 18.2. The molecule has 4 N–H and O–H groups in total. The highest BCUT2D eigenvalue weighted by Gasteiger charge is 2.50. The number of unbranched alkanes of at least 4 members (excludes halogenated alkanes) is 2. The van der Waals surface area contributed by atoms with Crippen LogP contribution in [0.15, 0.2) is 0 Å². The van der Waals surface area contributed by atoms with Crippen molar-refractivity contribution in [3.05, 3.63) is 0 Å². The predicted molar refractivity (Wildman–Crippen MR) is 219 cm³/mol. The van der Waals surface area contributed by atoms with Crippen molar-refractivity contribution in [2.24, 2.45) is 34.5 Å². The molecule has 0 aromatic rings. The number of carbonyl (C=O) groups is 5. The summed E-state index contributed by atoms with van der Waals surface area (Å²) in [6.07, 6.45) is 4.83. The Bertz CT molecular complexity index is 1360. The smallest absolute Gasteiger partial charge is 0.311 e. The quantitative estimate of drug-likeness (QED) is 0.0224. The summed E-state index contributed by atoms with van der Waals surface area (Å²) in [5.74, 6) is -6.46. The Hall–Kier alpha value is -2.86. The van der Waals surface area contributed by atoms with Crippen LogP contribution in [-0.2, 0) is 57.8 Å². The number of carbonyl (C=O) groups excluding carboxylic acids is 5. The van der Waals surface area contributed by atoms with Crippen LogP contribution in [0, 0.1) is 34.5 Å². The van der Waals surface area contributed by atoms with E-state index in [0.29, 0.717) is 6.61 Å². The van der Waals surface area contributed by atoms with Crippen LogP contribution in [-0.4, -0.2) is 113 Å². The van der Waals surface area contributed by atoms with E-state index in [2.05, 4.69) is 17.6 Å². The largest absolute Gasteiger partial charge is 0.465 e. The number of amides is 2. The van der Waals surface area contributed by atoms with Gasteiger partial charge in [0.15, 0.2) is 0 Å². The number of ether oxygens (including phenoxy) is 5. The number of esters is 3. The molecule has 58 heavy (non-hydrogen) atoms. The Labute approximate surface area is 347 Å². The summed E-state index contributed by atoms with van der Waals surface area (Å²) in [6.45, 7) is 15.1. The van der Waals surface area contributed by atoms with Crippen molar-refractivity contribution in [1.82, 2.24) is 10.6 Å². The zero-order valence-electron chi connectivity index (χ0n) is 36.9. The van der Waals surface area contributed by atoms with Crippen LogP contribution in [0.2, 0.25) is 0 Å². The van der Waals surface area contributed by atoms with Gasteiger partial charge in [0.25, 0.3) is 10.1 Å². The fraction of sp³-hybridized carbons (Fsp3) is 0.878. The van der Waals surface area contributed by atoms with Crippen LogP contribution in [0.25, 0.3) is 0 Å². The molecule has 16 nitrogen and oxygen atoms in total. The summed E-state index contributed by atoms with van der Waals surface area (Å²) in [5, 5.41) is 14.9. The minimum atomic E-state index is -4.46. The van der Waals surface area contributed by atoms with Gasteiger partial charge in [-0.2, -0.15) is 8.42 Å². The summed E-state index contributed by atoms with van der Waals surface area (Å²) < 4.78 is 60.4. The van der Waals surface area contributed by atoms with E-state index in [1.54, 1.807) is 20.8 Å². The predicted octanol–water partition coefficient (Wildman–Crippen LogP) is 5.00. The van der Waals surface area contributed by atoms with Gasteiger partial charge in [-0.1, -0.05) is 60.3 Å². The molecular weight excluding hydrogens is 777 g/mol. The number of hydrogen-bond donors (Lipinski definition) is 4. The van der Waals surface area contributed by atoms with Crippen LogP contribution in [0.3, 0.4) is 0 Å². The molecule has 2 amide bonds. The van der Waals surface area contributed by atoms with E-state index >= 15 is 0 Å². The van der Waals surface area contributed by atoms with Crippen LogP contribution in [0.1, 0.15) is 133 Å². The van der Waals surface area contributed by atoms with Gasteiger partial charge in [-0.3, -0.25) is 28.5 Å². The Balaban J connectivity index is 7.08. The number of rotatable bonds is 33. The Morgan fingerprint density at radius 1 is 0.759 bits per heavy atom. The van der Waals surface area contributed by atoms with Gasteiger partial charge in [-0.25, -0.2) is 0 Å². The van der Waals surface area contributed by atoms with Gasteiger partial charge in [-0.15, -0.1) is 0 Å². The number of methoxy groups -OCH3 is 1. The first-order chi connectivity index (χ1) is 27.1. The summed E-state index contributed by atoms with van der Waals surface area (Å²) in [4.78, 5) is 69.2. The Morgan fingerprint density at radius 3 is 1.86 bits per heavy atom. The average Bonchev–Trinajstić information content (AvgIpc) is 3.14. The molecule has 6 atom stereocenters. The fourth-order valence-corrected chi connectivity index (χ4v) is 8.07. The molecular formula is C41H76N2O14S. The SMILES string of the molecule is CCCCOCNC(=O)C(C)CC(CC(C)(CC(C)(CC(CC)C(=O)NC(C)(C)CS(=O)(=O)O)C(=O)OCCO)C(=O)OCCOC)C(=O)OCC(CC)CCCC. The molecule has 0 saturated heterocycles. The lowest BCUT2D eigenvalue weighted by Gasteiger charge is -2.40. The fourth-order valence-electron chi connectivity index (χ4n) is 7.09. The Kier molecular flexibility index (Phi) is 26.4. The van der Waals surface area contributed by atoms with E-state index in [1.165, 1.54) is 27.9 Å². The zero-order chi connectivity index (χ0) is 44.6. The van der Waals surface area contributed by atoms with Crippen molar-refractivity contribution in [3.63, 3.8) is 0 Å². The first kappa shape index (κ1) is 55.1. The van der Waals surface area contributed by atoms with Crippen molar-refractivity contribution in [1.29, 1.82) is 0 Å². The molecule has 0 aliphatic carbocycles. The van der Waals surface area contributed by atoms with Crippen molar-refractivity contribution in [2.45, 2.75) is 138 Å². The molecule has 6 unspecified atom stereocenters. The first-order valence-electron chi connectivity index (χ1n) is 20.8. The van der Waals surface area contributed by atoms with Crippen LogP contribution in [0.5, 0.6) is 0 Å². The average molecular weight is 853 g/mol. The maximum absolute atomic E-state index is 14.2. The molecule has 0 saturated carbocycles. The number of hydrogen-bond acceptors (Lipinski definition) is 13. The normalized spacial score (nSPS) is 16.1.